The van der Waals surface area contributed by atoms with Gasteiger partial charge in [0.2, 0.25) is 0 Å². The maximum Gasteiger partial charge on any atom is 0.342 e. The minimum Gasteiger partial charge on any atom is -0.301 e. The third kappa shape index (κ3) is 15.1. The van der Waals surface area contributed by atoms with Gasteiger partial charge >= 0.3 is 5.97 Å². The van der Waals surface area contributed by atoms with E-state index in [-0.39, 0.29) is 0 Å². The molecule has 0 spiro atoms. The van der Waals surface area contributed by atoms with Gasteiger partial charge in [0, 0.05) is 6.42 Å². The molecule has 0 amide bonds. The summed E-state index contributed by atoms with van der Waals surface area (Å²) in [7, 11) is 0. The second kappa shape index (κ2) is 15.2. The quantitative estimate of drug-likeness (QED) is 0.215. The molecular weight excluding hydrogens is 240 g/mol. The summed E-state index contributed by atoms with van der Waals surface area (Å²) in [4.78, 5) is 14.2. The molecule has 0 rings (SSSR count). The summed E-state index contributed by atoms with van der Waals surface area (Å²) in [6.07, 6.45) is 18.1. The van der Waals surface area contributed by atoms with Gasteiger partial charge in [0.05, 0.1) is 0 Å². The van der Waals surface area contributed by atoms with Crippen molar-refractivity contribution in [2.45, 2.75) is 84.0 Å². The molecule has 0 aromatic heterocycles. The topological polar surface area (TPSA) is 46.5 Å². The van der Waals surface area contributed by atoms with Gasteiger partial charge in [-0.2, -0.15) is 5.26 Å². The van der Waals surface area contributed by atoms with Crippen LogP contribution < -0.4 is 0 Å². The first-order valence-corrected chi connectivity index (χ1v) is 7.80. The number of carbonyl (C=O) groups excluding carboxylic acids is 1. The minimum absolute atomic E-state index is 0.328. The van der Waals surface area contributed by atoms with Gasteiger partial charge in [-0.1, -0.05) is 57.6 Å². The Labute approximate surface area is 118 Å². The van der Waals surface area contributed by atoms with Crippen molar-refractivity contribution in [3.8, 4) is 0 Å². The van der Waals surface area contributed by atoms with E-state index in [1.54, 1.807) is 0 Å². The highest BCUT2D eigenvalue weighted by molar-refractivity contribution is 5.68. The molecule has 0 aromatic rings. The summed E-state index contributed by atoms with van der Waals surface area (Å²) in [5, 5.41) is 8.07. The van der Waals surface area contributed by atoms with Gasteiger partial charge in [0.25, 0.3) is 0 Å². The van der Waals surface area contributed by atoms with E-state index in [2.05, 4.69) is 24.0 Å². The summed E-state index contributed by atoms with van der Waals surface area (Å²) < 4.78 is 0. The van der Waals surface area contributed by atoms with Crippen LogP contribution in [0.25, 0.3) is 0 Å². The lowest BCUT2D eigenvalue weighted by molar-refractivity contribution is -0.234. The number of allylic oxidation sites excluding steroid dienone is 2. The van der Waals surface area contributed by atoms with E-state index in [1.165, 1.54) is 51.4 Å². The Balaban J connectivity index is 3.09. The summed E-state index contributed by atoms with van der Waals surface area (Å²) in [6, 6.07) is 0. The fraction of sp³-hybridized carbons (Fsp3) is 0.812. The molecule has 0 bridgehead atoms. The smallest absolute Gasteiger partial charge is 0.301 e. The van der Waals surface area contributed by atoms with E-state index in [1.807, 2.05) is 0 Å². The highest BCUT2D eigenvalue weighted by Crippen LogP contribution is 2.09. The molecule has 0 fully saturated rings. The Bertz CT molecular complexity index is 224. The zero-order valence-corrected chi connectivity index (χ0v) is 12.4. The van der Waals surface area contributed by atoms with E-state index in [9.17, 15) is 4.79 Å². The zero-order chi connectivity index (χ0) is 14.2. The Morgan fingerprint density at radius 2 is 1.42 bits per heavy atom. The SMILES string of the molecule is CCCCCCC=CCCCCCCCC(=O)OO. The zero-order valence-electron chi connectivity index (χ0n) is 12.4. The van der Waals surface area contributed by atoms with Gasteiger partial charge in [-0.25, -0.2) is 4.79 Å². The van der Waals surface area contributed by atoms with Crippen LogP contribution in [-0.4, -0.2) is 11.2 Å². The molecule has 0 aromatic carbocycles. The van der Waals surface area contributed by atoms with Crippen LogP contribution in [-0.2, 0) is 9.68 Å². The summed E-state index contributed by atoms with van der Waals surface area (Å²) >= 11 is 0. The Hall–Kier alpha value is -0.830. The Morgan fingerprint density at radius 3 is 2.00 bits per heavy atom. The molecule has 0 aliphatic heterocycles. The number of unbranched alkanes of at least 4 members (excludes halogenated alkanes) is 9. The normalized spacial score (nSPS) is 11.1. The van der Waals surface area contributed by atoms with Gasteiger partial charge in [0.1, 0.15) is 0 Å². The molecule has 19 heavy (non-hydrogen) atoms. The molecule has 1 N–H and O–H groups in total. The molecule has 0 radical (unpaired) electrons. The molecule has 0 saturated heterocycles. The minimum atomic E-state index is -0.522. The summed E-state index contributed by atoms with van der Waals surface area (Å²) in [6.45, 7) is 2.24. The third-order valence-corrected chi connectivity index (χ3v) is 3.24. The molecule has 3 heteroatoms. The van der Waals surface area contributed by atoms with Gasteiger partial charge in [-0.15, -0.1) is 0 Å². The highest BCUT2D eigenvalue weighted by Gasteiger charge is 2.00. The van der Waals surface area contributed by atoms with Gasteiger partial charge in [0.15, 0.2) is 0 Å². The highest BCUT2D eigenvalue weighted by atomic mass is 17.1. The number of carbonyl (C=O) groups is 1. The maximum atomic E-state index is 10.6. The number of hydrogen-bond donors (Lipinski definition) is 1. The van der Waals surface area contributed by atoms with Gasteiger partial charge in [-0.05, 0) is 32.1 Å². The second-order valence-corrected chi connectivity index (χ2v) is 5.09. The van der Waals surface area contributed by atoms with Crippen molar-refractivity contribution in [3.63, 3.8) is 0 Å². The lowest BCUT2D eigenvalue weighted by atomic mass is 10.1. The fourth-order valence-corrected chi connectivity index (χ4v) is 2.03. The Morgan fingerprint density at radius 1 is 0.895 bits per heavy atom. The number of hydrogen-bond acceptors (Lipinski definition) is 3. The molecule has 0 atom stereocenters. The standard InChI is InChI=1S/C16H30O3/c1-2-3-4-5-6-7-8-9-10-11-12-13-14-15-16(17)19-18/h7-8,18H,2-6,9-15H2,1H3. The van der Waals surface area contributed by atoms with Crippen molar-refractivity contribution < 1.29 is 14.9 Å². The predicted molar refractivity (Wildman–Crippen MR) is 78.9 cm³/mol. The molecule has 0 saturated carbocycles. The van der Waals surface area contributed by atoms with Crippen LogP contribution in [0.15, 0.2) is 12.2 Å². The molecular formula is C16H30O3. The van der Waals surface area contributed by atoms with E-state index in [0.29, 0.717) is 6.42 Å². The monoisotopic (exact) mass is 270 g/mol. The lowest BCUT2D eigenvalue weighted by Crippen LogP contribution is -1.99. The van der Waals surface area contributed by atoms with Crippen molar-refractivity contribution in [2.75, 3.05) is 0 Å². The largest absolute Gasteiger partial charge is 0.342 e. The average Bonchev–Trinajstić information content (AvgIpc) is 2.43. The van der Waals surface area contributed by atoms with Crippen LogP contribution in [0.5, 0.6) is 0 Å². The van der Waals surface area contributed by atoms with Crippen LogP contribution in [0.4, 0.5) is 0 Å². The summed E-state index contributed by atoms with van der Waals surface area (Å²) in [5.74, 6) is -0.522. The van der Waals surface area contributed by atoms with Crippen molar-refractivity contribution in [1.82, 2.24) is 0 Å². The maximum absolute atomic E-state index is 10.6. The van der Waals surface area contributed by atoms with E-state index in [4.69, 9.17) is 5.26 Å². The van der Waals surface area contributed by atoms with Crippen molar-refractivity contribution in [1.29, 1.82) is 0 Å². The summed E-state index contributed by atoms with van der Waals surface area (Å²) in [5.41, 5.74) is 0. The molecule has 0 unspecified atom stereocenters. The molecule has 0 heterocycles. The molecule has 0 aliphatic carbocycles. The van der Waals surface area contributed by atoms with Crippen molar-refractivity contribution >= 4 is 5.97 Å². The van der Waals surface area contributed by atoms with Crippen LogP contribution in [0.3, 0.4) is 0 Å². The average molecular weight is 270 g/mol. The number of rotatable bonds is 13. The lowest BCUT2D eigenvalue weighted by Gasteiger charge is -1.99. The molecule has 0 aliphatic rings. The fourth-order valence-electron chi connectivity index (χ4n) is 2.03. The van der Waals surface area contributed by atoms with Crippen molar-refractivity contribution in [2.24, 2.45) is 0 Å². The van der Waals surface area contributed by atoms with Gasteiger partial charge < -0.3 is 4.89 Å². The van der Waals surface area contributed by atoms with Crippen LogP contribution in [0.2, 0.25) is 0 Å². The third-order valence-electron chi connectivity index (χ3n) is 3.24. The van der Waals surface area contributed by atoms with E-state index < -0.39 is 5.97 Å². The predicted octanol–water partition coefficient (Wildman–Crippen LogP) is 5.26. The first kappa shape index (κ1) is 18.2. The van der Waals surface area contributed by atoms with E-state index >= 15 is 0 Å². The van der Waals surface area contributed by atoms with E-state index in [0.717, 1.165) is 19.3 Å². The van der Waals surface area contributed by atoms with Gasteiger partial charge in [-0.3, -0.25) is 0 Å². The van der Waals surface area contributed by atoms with Crippen LogP contribution >= 0.6 is 0 Å². The van der Waals surface area contributed by atoms with Crippen molar-refractivity contribution in [3.05, 3.63) is 12.2 Å². The first-order chi connectivity index (χ1) is 9.31. The molecule has 3 nitrogen and oxygen atoms in total. The van der Waals surface area contributed by atoms with Crippen LogP contribution in [0.1, 0.15) is 84.0 Å². The first-order valence-electron chi connectivity index (χ1n) is 7.80. The second-order valence-electron chi connectivity index (χ2n) is 5.09. The Kier molecular flexibility index (Phi) is 14.6. The van der Waals surface area contributed by atoms with Crippen LogP contribution in [0, 0.1) is 0 Å². The molecule has 112 valence electrons.